The summed E-state index contributed by atoms with van der Waals surface area (Å²) in [5.74, 6) is 0.650. The molecule has 3 nitrogen and oxygen atoms in total. The molecule has 0 unspecified atom stereocenters. The maximum atomic E-state index is 13.7. The Morgan fingerprint density at radius 2 is 2.05 bits per heavy atom. The Morgan fingerprint density at radius 1 is 1.26 bits per heavy atom. The molecule has 1 aromatic heterocycles. The number of nitrogens with zero attached hydrogens (tertiary/aromatic N) is 1. The maximum Gasteiger partial charge on any atom is 0.146 e. The Kier molecular flexibility index (Phi) is 4.58. The predicted octanol–water partition coefficient (Wildman–Crippen LogP) is 3.16. The van der Waals surface area contributed by atoms with Crippen LogP contribution in [-0.2, 0) is 13.1 Å². The molecular formula is C15H19FN2O. The van der Waals surface area contributed by atoms with Crippen molar-refractivity contribution < 1.29 is 8.81 Å². The van der Waals surface area contributed by atoms with Gasteiger partial charge in [0.2, 0.25) is 0 Å². The molecule has 0 aliphatic heterocycles. The first kappa shape index (κ1) is 13.6. The SMILES string of the molecule is CCNCc1ccoc1CN(C)c1ccccc1F. The van der Waals surface area contributed by atoms with Gasteiger partial charge in [-0.3, -0.25) is 0 Å². The lowest BCUT2D eigenvalue weighted by molar-refractivity contribution is 0.498. The molecule has 1 heterocycles. The molecule has 0 radical (unpaired) electrons. The van der Waals surface area contributed by atoms with E-state index in [9.17, 15) is 4.39 Å². The molecule has 0 aliphatic rings. The summed E-state index contributed by atoms with van der Waals surface area (Å²) in [4.78, 5) is 1.85. The molecule has 2 aromatic rings. The minimum absolute atomic E-state index is 0.218. The van der Waals surface area contributed by atoms with Crippen molar-refractivity contribution in [1.82, 2.24) is 5.32 Å². The molecule has 1 aromatic carbocycles. The standard InChI is InChI=1S/C15H19FN2O/c1-3-17-10-12-8-9-19-15(12)11-18(2)14-7-5-4-6-13(14)16/h4-9,17H,3,10-11H2,1-2H3. The first-order chi connectivity index (χ1) is 9.22. The van der Waals surface area contributed by atoms with Crippen molar-refractivity contribution in [1.29, 1.82) is 0 Å². The zero-order valence-corrected chi connectivity index (χ0v) is 11.3. The lowest BCUT2D eigenvalue weighted by Crippen LogP contribution is -2.19. The van der Waals surface area contributed by atoms with E-state index in [1.165, 1.54) is 6.07 Å². The van der Waals surface area contributed by atoms with E-state index >= 15 is 0 Å². The number of furan rings is 1. The highest BCUT2D eigenvalue weighted by Crippen LogP contribution is 2.21. The molecule has 19 heavy (non-hydrogen) atoms. The monoisotopic (exact) mass is 262 g/mol. The molecule has 0 bridgehead atoms. The van der Waals surface area contributed by atoms with Gasteiger partial charge in [0.15, 0.2) is 0 Å². The lowest BCUT2D eigenvalue weighted by atomic mass is 10.2. The fourth-order valence-corrected chi connectivity index (χ4v) is 1.98. The molecule has 0 saturated heterocycles. The molecule has 0 aliphatic carbocycles. The van der Waals surface area contributed by atoms with Gasteiger partial charge in [-0.1, -0.05) is 19.1 Å². The van der Waals surface area contributed by atoms with E-state index in [1.807, 2.05) is 24.1 Å². The zero-order chi connectivity index (χ0) is 13.7. The van der Waals surface area contributed by atoms with Crippen molar-refractivity contribution in [3.63, 3.8) is 0 Å². The Balaban J connectivity index is 2.09. The van der Waals surface area contributed by atoms with Gasteiger partial charge >= 0.3 is 0 Å². The second kappa shape index (κ2) is 6.38. The third-order valence-corrected chi connectivity index (χ3v) is 3.05. The van der Waals surface area contributed by atoms with Gasteiger partial charge < -0.3 is 14.6 Å². The largest absolute Gasteiger partial charge is 0.467 e. The van der Waals surface area contributed by atoms with Crippen LogP contribution in [0, 0.1) is 5.82 Å². The van der Waals surface area contributed by atoms with Gasteiger partial charge in [0.1, 0.15) is 11.6 Å². The summed E-state index contributed by atoms with van der Waals surface area (Å²) in [6, 6.07) is 8.70. The van der Waals surface area contributed by atoms with Crippen LogP contribution >= 0.6 is 0 Å². The molecule has 0 fully saturated rings. The highest BCUT2D eigenvalue weighted by molar-refractivity contribution is 5.47. The topological polar surface area (TPSA) is 28.4 Å². The minimum Gasteiger partial charge on any atom is -0.467 e. The van der Waals surface area contributed by atoms with Gasteiger partial charge in [0, 0.05) is 19.2 Å². The number of halogens is 1. The summed E-state index contributed by atoms with van der Waals surface area (Å²) in [6.45, 7) is 4.29. The predicted molar refractivity (Wildman–Crippen MR) is 74.6 cm³/mol. The summed E-state index contributed by atoms with van der Waals surface area (Å²) >= 11 is 0. The second-order valence-electron chi connectivity index (χ2n) is 4.46. The molecule has 0 atom stereocenters. The molecular weight excluding hydrogens is 243 g/mol. The van der Waals surface area contributed by atoms with Crippen molar-refractivity contribution in [3.8, 4) is 0 Å². The van der Waals surface area contributed by atoms with Crippen molar-refractivity contribution in [2.75, 3.05) is 18.5 Å². The van der Waals surface area contributed by atoms with E-state index in [0.29, 0.717) is 12.2 Å². The van der Waals surface area contributed by atoms with Crippen LogP contribution in [0.3, 0.4) is 0 Å². The van der Waals surface area contributed by atoms with Gasteiger partial charge in [0.25, 0.3) is 0 Å². The van der Waals surface area contributed by atoms with E-state index < -0.39 is 0 Å². The molecule has 2 rings (SSSR count). The van der Waals surface area contributed by atoms with Gasteiger partial charge in [-0.05, 0) is 24.7 Å². The average molecular weight is 262 g/mol. The number of benzene rings is 1. The Hall–Kier alpha value is -1.81. The van der Waals surface area contributed by atoms with E-state index in [-0.39, 0.29) is 5.82 Å². The Bertz CT molecular complexity index is 524. The average Bonchev–Trinajstić information content (AvgIpc) is 2.84. The van der Waals surface area contributed by atoms with Crippen LogP contribution in [0.1, 0.15) is 18.2 Å². The Morgan fingerprint density at radius 3 is 2.79 bits per heavy atom. The van der Waals surface area contributed by atoms with Crippen LogP contribution in [0.2, 0.25) is 0 Å². The van der Waals surface area contributed by atoms with Crippen molar-refractivity contribution >= 4 is 5.69 Å². The summed E-state index contributed by atoms with van der Waals surface area (Å²) in [5, 5.41) is 3.26. The van der Waals surface area contributed by atoms with Crippen LogP contribution in [0.4, 0.5) is 10.1 Å². The fourth-order valence-electron chi connectivity index (χ4n) is 1.98. The van der Waals surface area contributed by atoms with Gasteiger partial charge in [-0.25, -0.2) is 4.39 Å². The van der Waals surface area contributed by atoms with E-state index in [4.69, 9.17) is 4.42 Å². The van der Waals surface area contributed by atoms with E-state index in [1.54, 1.807) is 18.4 Å². The van der Waals surface area contributed by atoms with Crippen molar-refractivity contribution in [2.45, 2.75) is 20.0 Å². The highest BCUT2D eigenvalue weighted by atomic mass is 19.1. The summed E-state index contributed by atoms with van der Waals surface area (Å²) in [7, 11) is 1.86. The normalized spacial score (nSPS) is 10.7. The molecule has 0 saturated carbocycles. The highest BCUT2D eigenvalue weighted by Gasteiger charge is 2.12. The summed E-state index contributed by atoms with van der Waals surface area (Å²) < 4.78 is 19.2. The first-order valence-electron chi connectivity index (χ1n) is 6.44. The smallest absolute Gasteiger partial charge is 0.146 e. The van der Waals surface area contributed by atoms with Crippen molar-refractivity contribution in [2.24, 2.45) is 0 Å². The molecule has 102 valence electrons. The van der Waals surface area contributed by atoms with Crippen LogP contribution in [0.25, 0.3) is 0 Å². The third-order valence-electron chi connectivity index (χ3n) is 3.05. The van der Waals surface area contributed by atoms with Gasteiger partial charge in [-0.15, -0.1) is 0 Å². The second-order valence-corrected chi connectivity index (χ2v) is 4.46. The van der Waals surface area contributed by atoms with E-state index in [0.717, 1.165) is 24.4 Å². The quantitative estimate of drug-likeness (QED) is 0.866. The number of rotatable bonds is 6. The molecule has 4 heteroatoms. The summed E-state index contributed by atoms with van der Waals surface area (Å²) in [5.41, 5.74) is 1.69. The molecule has 0 amide bonds. The number of hydrogen-bond donors (Lipinski definition) is 1. The van der Waals surface area contributed by atoms with Crippen LogP contribution in [0.15, 0.2) is 41.0 Å². The van der Waals surface area contributed by atoms with Gasteiger partial charge in [0.05, 0.1) is 18.5 Å². The fraction of sp³-hybridized carbons (Fsp3) is 0.333. The van der Waals surface area contributed by atoms with E-state index in [2.05, 4.69) is 12.2 Å². The van der Waals surface area contributed by atoms with Crippen LogP contribution in [0.5, 0.6) is 0 Å². The van der Waals surface area contributed by atoms with Gasteiger partial charge in [-0.2, -0.15) is 0 Å². The number of nitrogens with one attached hydrogen (secondary N) is 1. The van der Waals surface area contributed by atoms with Crippen LogP contribution in [-0.4, -0.2) is 13.6 Å². The number of para-hydroxylation sites is 1. The summed E-state index contributed by atoms with van der Waals surface area (Å²) in [6.07, 6.45) is 1.68. The Labute approximate surface area is 113 Å². The number of anilines is 1. The number of hydrogen-bond acceptors (Lipinski definition) is 3. The zero-order valence-electron chi connectivity index (χ0n) is 11.3. The minimum atomic E-state index is -0.218. The molecule has 1 N–H and O–H groups in total. The first-order valence-corrected chi connectivity index (χ1v) is 6.44. The van der Waals surface area contributed by atoms with Crippen molar-refractivity contribution in [3.05, 3.63) is 53.7 Å². The van der Waals surface area contributed by atoms with Crippen LogP contribution < -0.4 is 10.2 Å². The maximum absolute atomic E-state index is 13.7. The molecule has 0 spiro atoms. The third kappa shape index (κ3) is 3.35. The lowest BCUT2D eigenvalue weighted by Gasteiger charge is -2.19.